The third kappa shape index (κ3) is 5.54. The lowest BCUT2D eigenvalue weighted by Crippen LogP contribution is -2.23. The van der Waals surface area contributed by atoms with Gasteiger partial charge in [0, 0.05) is 0 Å². The van der Waals surface area contributed by atoms with E-state index >= 15 is 0 Å². The molecule has 7 heteroatoms. The Morgan fingerprint density at radius 2 is 2.25 bits per heavy atom. The van der Waals surface area contributed by atoms with Gasteiger partial charge in [-0.25, -0.2) is 0 Å². The minimum absolute atomic E-state index is 0.0338. The monoisotopic (exact) mass is 190 g/mol. The van der Waals surface area contributed by atoms with E-state index in [9.17, 15) is 4.79 Å². The first-order valence-corrected chi connectivity index (χ1v) is 3.92. The maximum absolute atomic E-state index is 10.6. The van der Waals surface area contributed by atoms with Gasteiger partial charge in [-0.05, 0) is 0 Å². The number of esters is 1. The molecule has 0 aromatic carbocycles. The fourth-order valence-corrected chi connectivity index (χ4v) is 0.878. The molecule has 6 nitrogen and oxygen atoms in total. The molecule has 0 heterocycles. The first-order valence-electron chi connectivity index (χ1n) is 2.94. The maximum Gasteiger partial charge on any atom is 0.316 e. The molecular weight excluding hydrogens is 180 g/mol. The standard InChI is InChI=1S/C5H10N4O2S/c1-11-3(10)2-12-5(8)9-4(6)7/h2H2,1H3,(H5,6,7,8,9). The lowest BCUT2D eigenvalue weighted by atomic mass is 10.8. The third-order valence-electron chi connectivity index (χ3n) is 0.785. The number of hydrogen-bond acceptors (Lipinski definition) is 4. The SMILES string of the molecule is COC(=O)CSC(=N)N=C(N)N. The summed E-state index contributed by atoms with van der Waals surface area (Å²) in [5.41, 5.74) is 9.98. The summed E-state index contributed by atoms with van der Waals surface area (Å²) in [6, 6.07) is 0. The highest BCUT2D eigenvalue weighted by molar-refractivity contribution is 8.14. The summed E-state index contributed by atoms with van der Waals surface area (Å²) in [6.45, 7) is 0. The molecule has 0 aliphatic heterocycles. The van der Waals surface area contributed by atoms with Crippen LogP contribution in [0.25, 0.3) is 0 Å². The highest BCUT2D eigenvalue weighted by atomic mass is 32.2. The number of methoxy groups -OCH3 is 1. The Kier molecular flexibility index (Phi) is 4.86. The summed E-state index contributed by atoms with van der Waals surface area (Å²) in [5, 5.41) is 6.98. The van der Waals surface area contributed by atoms with E-state index in [1.54, 1.807) is 0 Å². The van der Waals surface area contributed by atoms with Crippen LogP contribution < -0.4 is 11.5 Å². The van der Waals surface area contributed by atoms with E-state index in [-0.39, 0.29) is 16.9 Å². The maximum atomic E-state index is 10.6. The van der Waals surface area contributed by atoms with E-state index in [1.165, 1.54) is 7.11 Å². The number of aliphatic imine (C=N–C) groups is 1. The van der Waals surface area contributed by atoms with E-state index in [1.807, 2.05) is 0 Å². The van der Waals surface area contributed by atoms with E-state index in [0.717, 1.165) is 11.8 Å². The summed E-state index contributed by atoms with van der Waals surface area (Å²) >= 11 is 0.899. The van der Waals surface area contributed by atoms with Crippen LogP contribution in [0.1, 0.15) is 0 Å². The molecule has 0 radical (unpaired) electrons. The molecule has 0 spiro atoms. The average Bonchev–Trinajstić information content (AvgIpc) is 1.99. The number of carbonyl (C=O) groups excluding carboxylic acids is 1. The fraction of sp³-hybridized carbons (Fsp3) is 0.400. The number of nitrogens with one attached hydrogen (secondary N) is 1. The van der Waals surface area contributed by atoms with Crippen molar-refractivity contribution in [3.8, 4) is 0 Å². The van der Waals surface area contributed by atoms with Crippen LogP contribution in [0.2, 0.25) is 0 Å². The fourth-order valence-electron chi connectivity index (χ4n) is 0.336. The second-order valence-electron chi connectivity index (χ2n) is 1.71. The number of nitrogens with two attached hydrogens (primary N) is 2. The van der Waals surface area contributed by atoms with Crippen LogP contribution in [0.15, 0.2) is 4.99 Å². The van der Waals surface area contributed by atoms with Crippen molar-refractivity contribution in [2.45, 2.75) is 0 Å². The highest BCUT2D eigenvalue weighted by Crippen LogP contribution is 2.02. The number of hydrogen-bond donors (Lipinski definition) is 3. The van der Waals surface area contributed by atoms with Crippen molar-refractivity contribution in [3.05, 3.63) is 0 Å². The Hall–Kier alpha value is -1.24. The van der Waals surface area contributed by atoms with Gasteiger partial charge in [-0.2, -0.15) is 4.99 Å². The number of thioether (sulfide) groups is 1. The van der Waals surface area contributed by atoms with Crippen molar-refractivity contribution in [2.24, 2.45) is 16.5 Å². The van der Waals surface area contributed by atoms with Crippen molar-refractivity contribution in [1.29, 1.82) is 5.41 Å². The van der Waals surface area contributed by atoms with Crippen molar-refractivity contribution in [2.75, 3.05) is 12.9 Å². The molecule has 0 bridgehead atoms. The van der Waals surface area contributed by atoms with Gasteiger partial charge < -0.3 is 16.2 Å². The lowest BCUT2D eigenvalue weighted by Gasteiger charge is -1.97. The summed E-state index contributed by atoms with van der Waals surface area (Å²) in [6.07, 6.45) is 0. The summed E-state index contributed by atoms with van der Waals surface area (Å²) < 4.78 is 4.34. The zero-order chi connectivity index (χ0) is 9.56. The van der Waals surface area contributed by atoms with E-state index in [2.05, 4.69) is 9.73 Å². The number of rotatable bonds is 2. The Morgan fingerprint density at radius 3 is 2.67 bits per heavy atom. The Morgan fingerprint density at radius 1 is 1.67 bits per heavy atom. The molecule has 0 aliphatic carbocycles. The van der Waals surface area contributed by atoms with Crippen LogP contribution in [0.4, 0.5) is 0 Å². The van der Waals surface area contributed by atoms with E-state index < -0.39 is 5.97 Å². The zero-order valence-corrected chi connectivity index (χ0v) is 7.35. The third-order valence-corrected chi connectivity index (χ3v) is 1.53. The summed E-state index contributed by atoms with van der Waals surface area (Å²) in [4.78, 5) is 13.9. The molecule has 0 amide bonds. The number of carbonyl (C=O) groups is 1. The highest BCUT2D eigenvalue weighted by Gasteiger charge is 2.02. The number of guanidine groups is 1. The Balaban J connectivity index is 3.73. The zero-order valence-electron chi connectivity index (χ0n) is 6.53. The molecule has 0 unspecified atom stereocenters. The quantitative estimate of drug-likeness (QED) is 0.296. The van der Waals surface area contributed by atoms with Crippen LogP contribution in [0, 0.1) is 5.41 Å². The van der Waals surface area contributed by atoms with Gasteiger partial charge in [0.1, 0.15) is 0 Å². The molecule has 5 N–H and O–H groups in total. The second kappa shape index (κ2) is 5.42. The average molecular weight is 190 g/mol. The van der Waals surface area contributed by atoms with Gasteiger partial charge in [0.2, 0.25) is 0 Å². The molecule has 0 saturated carbocycles. The molecule has 0 saturated heterocycles. The van der Waals surface area contributed by atoms with Gasteiger partial charge >= 0.3 is 5.97 Å². The van der Waals surface area contributed by atoms with Gasteiger partial charge in [0.05, 0.1) is 12.9 Å². The Labute approximate surface area is 73.9 Å². The number of amidine groups is 1. The largest absolute Gasteiger partial charge is 0.468 e. The van der Waals surface area contributed by atoms with Crippen LogP contribution in [0.5, 0.6) is 0 Å². The minimum atomic E-state index is -0.421. The lowest BCUT2D eigenvalue weighted by molar-refractivity contribution is -0.137. The van der Waals surface area contributed by atoms with Gasteiger partial charge in [-0.3, -0.25) is 10.2 Å². The smallest absolute Gasteiger partial charge is 0.316 e. The second-order valence-corrected chi connectivity index (χ2v) is 2.67. The molecule has 0 rings (SSSR count). The molecular formula is C5H10N4O2S. The van der Waals surface area contributed by atoms with E-state index in [0.29, 0.717) is 0 Å². The van der Waals surface area contributed by atoms with Crippen molar-refractivity contribution < 1.29 is 9.53 Å². The molecule has 68 valence electrons. The minimum Gasteiger partial charge on any atom is -0.468 e. The number of ether oxygens (including phenoxy) is 1. The number of nitrogens with zero attached hydrogens (tertiary/aromatic N) is 1. The van der Waals surface area contributed by atoms with Crippen LogP contribution >= 0.6 is 11.8 Å². The van der Waals surface area contributed by atoms with Crippen molar-refractivity contribution in [3.63, 3.8) is 0 Å². The van der Waals surface area contributed by atoms with Crippen LogP contribution in [-0.2, 0) is 9.53 Å². The molecule has 12 heavy (non-hydrogen) atoms. The first-order chi connectivity index (χ1) is 5.56. The molecule has 0 atom stereocenters. The normalized spacial score (nSPS) is 8.75. The van der Waals surface area contributed by atoms with Crippen molar-refractivity contribution >= 4 is 28.9 Å². The summed E-state index contributed by atoms with van der Waals surface area (Å²) in [7, 11) is 1.27. The van der Waals surface area contributed by atoms with Crippen LogP contribution in [0.3, 0.4) is 0 Å². The van der Waals surface area contributed by atoms with E-state index in [4.69, 9.17) is 16.9 Å². The topological polar surface area (TPSA) is 115 Å². The predicted octanol–water partition coefficient (Wildman–Crippen LogP) is -0.899. The predicted molar refractivity (Wildman–Crippen MR) is 48.0 cm³/mol. The van der Waals surface area contributed by atoms with Gasteiger partial charge in [0.25, 0.3) is 0 Å². The van der Waals surface area contributed by atoms with Gasteiger partial charge in [0.15, 0.2) is 11.1 Å². The molecule has 0 fully saturated rings. The van der Waals surface area contributed by atoms with Crippen LogP contribution in [-0.4, -0.2) is 30.0 Å². The summed E-state index contributed by atoms with van der Waals surface area (Å²) in [5.74, 6) is -0.584. The Bertz CT molecular complexity index is 211. The molecule has 0 aromatic heterocycles. The first kappa shape index (κ1) is 10.8. The van der Waals surface area contributed by atoms with Gasteiger partial charge in [-0.15, -0.1) is 0 Å². The van der Waals surface area contributed by atoms with Gasteiger partial charge in [-0.1, -0.05) is 11.8 Å². The molecule has 0 aromatic rings. The molecule has 0 aliphatic rings. The van der Waals surface area contributed by atoms with Crippen molar-refractivity contribution in [1.82, 2.24) is 0 Å².